The maximum Gasteiger partial charge on any atom is 0.135 e. The molecule has 242 valence electrons. The molecule has 2 unspecified atom stereocenters. The average molecular weight is 676 g/mol. The Bertz CT molecular complexity index is 3010. The Hall–Kier alpha value is -6.21. The van der Waals surface area contributed by atoms with E-state index in [2.05, 4.69) is 132 Å². The molecular weight excluding hydrogens is 647 g/mol. The Balaban J connectivity index is 0.987. The first-order valence-corrected chi connectivity index (χ1v) is 18.0. The number of aliphatic imine (C=N–C) groups is 1. The number of nitrogens with one attached hydrogen (secondary N) is 2. The summed E-state index contributed by atoms with van der Waals surface area (Å²) < 4.78 is 15.3. The summed E-state index contributed by atoms with van der Waals surface area (Å²) in [5.41, 5.74) is 9.11. The molecule has 0 spiro atoms. The quantitative estimate of drug-likeness (QED) is 0.195. The number of benzene rings is 7. The molecule has 3 aromatic heterocycles. The normalized spacial score (nSPS) is 16.4. The lowest BCUT2D eigenvalue weighted by molar-refractivity contribution is 0.409. The Morgan fingerprint density at radius 1 is 0.490 bits per heavy atom. The van der Waals surface area contributed by atoms with Gasteiger partial charge < -0.3 is 14.2 Å². The van der Waals surface area contributed by atoms with Crippen LogP contribution in [-0.2, 0) is 0 Å². The molecule has 0 amide bonds. The van der Waals surface area contributed by atoms with Crippen molar-refractivity contribution in [3.05, 3.63) is 168 Å². The second-order valence-electron chi connectivity index (χ2n) is 13.2. The van der Waals surface area contributed by atoms with Gasteiger partial charge in [0.05, 0.1) is 0 Å². The lowest BCUT2D eigenvalue weighted by atomic mass is 10.00. The van der Waals surface area contributed by atoms with E-state index < -0.39 is 0 Å². The summed E-state index contributed by atoms with van der Waals surface area (Å²) in [4.78, 5) is 5.18. The number of hydrogen-bond acceptors (Lipinski definition) is 6. The number of fused-ring (bicyclic) bond motifs is 9. The van der Waals surface area contributed by atoms with Crippen molar-refractivity contribution in [2.75, 3.05) is 0 Å². The monoisotopic (exact) mass is 675 g/mol. The van der Waals surface area contributed by atoms with E-state index in [9.17, 15) is 0 Å². The SMILES string of the molecule is c1ccc(C2=NC(c3ccc4oc5ccccc5c4c3)NC(c3ccc4c(c3)oc3ccc(-c5cccc6c5sc5ccccc56)cc34)N2)cc1. The van der Waals surface area contributed by atoms with Gasteiger partial charge in [-0.2, -0.15) is 0 Å². The molecule has 4 heterocycles. The summed E-state index contributed by atoms with van der Waals surface area (Å²) in [7, 11) is 0. The van der Waals surface area contributed by atoms with Crippen LogP contribution in [0.3, 0.4) is 0 Å². The van der Waals surface area contributed by atoms with Crippen LogP contribution >= 0.6 is 11.3 Å². The van der Waals surface area contributed by atoms with Crippen LogP contribution in [0.4, 0.5) is 0 Å². The van der Waals surface area contributed by atoms with E-state index in [0.29, 0.717) is 0 Å². The second-order valence-corrected chi connectivity index (χ2v) is 14.2. The molecule has 0 saturated heterocycles. The summed E-state index contributed by atoms with van der Waals surface area (Å²) in [6.07, 6.45) is -0.492. The van der Waals surface area contributed by atoms with Crippen molar-refractivity contribution in [3.8, 4) is 11.1 Å². The third kappa shape index (κ3) is 4.61. The van der Waals surface area contributed by atoms with Crippen molar-refractivity contribution in [1.29, 1.82) is 0 Å². The summed E-state index contributed by atoms with van der Waals surface area (Å²) in [6, 6.07) is 53.3. The van der Waals surface area contributed by atoms with Crippen molar-refractivity contribution in [3.63, 3.8) is 0 Å². The molecule has 0 bridgehead atoms. The van der Waals surface area contributed by atoms with E-state index in [1.54, 1.807) is 0 Å². The molecule has 51 heavy (non-hydrogen) atoms. The van der Waals surface area contributed by atoms with Crippen molar-refractivity contribution in [1.82, 2.24) is 10.6 Å². The molecular formula is C45H29N3O2S. The Morgan fingerprint density at radius 2 is 1.20 bits per heavy atom. The van der Waals surface area contributed by atoms with Gasteiger partial charge in [-0.1, -0.05) is 109 Å². The van der Waals surface area contributed by atoms with Gasteiger partial charge in [-0.3, -0.25) is 5.32 Å². The minimum atomic E-state index is -0.282. The van der Waals surface area contributed by atoms with Crippen LogP contribution in [0, 0.1) is 0 Å². The van der Waals surface area contributed by atoms with Crippen LogP contribution in [0.25, 0.3) is 75.2 Å². The van der Waals surface area contributed by atoms with Gasteiger partial charge >= 0.3 is 0 Å². The standard InChI is InChI=1S/C45H29N3O2S/c1-2-9-26(10-3-1)43-46-44(28-19-22-38-36(24-28)31-11-4-6-15-37(31)49-38)48-45(47-43)29-17-20-32-35-23-27(18-21-39(35)50-40(32)25-29)30-13-8-14-34-33-12-5-7-16-41(33)51-42(30)34/h1-25,44-45,48H,(H,46,47). The minimum Gasteiger partial charge on any atom is -0.456 e. The predicted octanol–water partition coefficient (Wildman–Crippen LogP) is 11.9. The van der Waals surface area contributed by atoms with Crippen LogP contribution < -0.4 is 10.6 Å². The maximum absolute atomic E-state index is 6.52. The first-order valence-electron chi connectivity index (χ1n) is 17.2. The van der Waals surface area contributed by atoms with Crippen LogP contribution in [0.15, 0.2) is 165 Å². The van der Waals surface area contributed by atoms with Crippen molar-refractivity contribution >= 4 is 81.2 Å². The van der Waals surface area contributed by atoms with Gasteiger partial charge in [0, 0.05) is 47.3 Å². The molecule has 0 aliphatic carbocycles. The molecule has 7 aromatic carbocycles. The summed E-state index contributed by atoms with van der Waals surface area (Å²) in [5.74, 6) is 0.839. The first kappa shape index (κ1) is 28.6. The van der Waals surface area contributed by atoms with Crippen LogP contribution in [0.5, 0.6) is 0 Å². The fourth-order valence-electron chi connectivity index (χ4n) is 7.67. The zero-order chi connectivity index (χ0) is 33.5. The van der Waals surface area contributed by atoms with Gasteiger partial charge in [-0.25, -0.2) is 4.99 Å². The molecule has 2 N–H and O–H groups in total. The molecule has 0 saturated carbocycles. The third-order valence-corrected chi connectivity index (χ3v) is 11.4. The highest BCUT2D eigenvalue weighted by Gasteiger charge is 2.27. The average Bonchev–Trinajstić information content (AvgIpc) is 3.88. The topological polar surface area (TPSA) is 62.7 Å². The van der Waals surface area contributed by atoms with Gasteiger partial charge in [0.15, 0.2) is 0 Å². The molecule has 6 heteroatoms. The molecule has 11 rings (SSSR count). The van der Waals surface area contributed by atoms with E-state index in [-0.39, 0.29) is 12.3 Å². The lowest BCUT2D eigenvalue weighted by Gasteiger charge is -2.32. The van der Waals surface area contributed by atoms with E-state index in [1.807, 2.05) is 41.7 Å². The molecule has 1 aliphatic rings. The Labute approximate surface area is 296 Å². The van der Waals surface area contributed by atoms with Crippen LogP contribution in [0.1, 0.15) is 29.0 Å². The van der Waals surface area contributed by atoms with Gasteiger partial charge in [-0.05, 0) is 64.7 Å². The summed E-state index contributed by atoms with van der Waals surface area (Å²) in [5, 5.41) is 14.5. The largest absolute Gasteiger partial charge is 0.456 e. The third-order valence-electron chi connectivity index (χ3n) is 10.2. The molecule has 0 fully saturated rings. The Kier molecular flexibility index (Phi) is 6.26. The maximum atomic E-state index is 6.52. The number of nitrogens with zero attached hydrogens (tertiary/aromatic N) is 1. The zero-order valence-corrected chi connectivity index (χ0v) is 28.1. The Morgan fingerprint density at radius 3 is 2.12 bits per heavy atom. The molecule has 0 radical (unpaired) electrons. The summed E-state index contributed by atoms with van der Waals surface area (Å²) in [6.45, 7) is 0. The number of para-hydroxylation sites is 1. The highest BCUT2D eigenvalue weighted by Crippen LogP contribution is 2.42. The highest BCUT2D eigenvalue weighted by atomic mass is 32.1. The molecule has 1 aliphatic heterocycles. The second kappa shape index (κ2) is 11.2. The van der Waals surface area contributed by atoms with E-state index in [0.717, 1.165) is 66.4 Å². The fraction of sp³-hybridized carbons (Fsp3) is 0.0444. The number of amidine groups is 1. The van der Waals surface area contributed by atoms with Gasteiger partial charge in [0.2, 0.25) is 0 Å². The number of furan rings is 2. The number of hydrogen-bond donors (Lipinski definition) is 2. The van der Waals surface area contributed by atoms with Gasteiger partial charge in [0.25, 0.3) is 0 Å². The van der Waals surface area contributed by atoms with E-state index in [4.69, 9.17) is 13.8 Å². The molecule has 10 aromatic rings. The van der Waals surface area contributed by atoms with Gasteiger partial charge in [-0.15, -0.1) is 11.3 Å². The molecule has 5 nitrogen and oxygen atoms in total. The summed E-state index contributed by atoms with van der Waals surface area (Å²) >= 11 is 1.86. The minimum absolute atomic E-state index is 0.210. The van der Waals surface area contributed by atoms with Crippen LogP contribution in [0.2, 0.25) is 0 Å². The van der Waals surface area contributed by atoms with Crippen molar-refractivity contribution < 1.29 is 8.83 Å². The van der Waals surface area contributed by atoms with Crippen molar-refractivity contribution in [2.45, 2.75) is 12.3 Å². The van der Waals surface area contributed by atoms with E-state index in [1.165, 1.54) is 31.3 Å². The van der Waals surface area contributed by atoms with Crippen LogP contribution in [-0.4, -0.2) is 5.84 Å². The fourth-order valence-corrected chi connectivity index (χ4v) is 8.91. The number of rotatable bonds is 4. The zero-order valence-electron chi connectivity index (χ0n) is 27.3. The number of thiophene rings is 1. The predicted molar refractivity (Wildman–Crippen MR) is 210 cm³/mol. The smallest absolute Gasteiger partial charge is 0.135 e. The van der Waals surface area contributed by atoms with Crippen molar-refractivity contribution in [2.24, 2.45) is 4.99 Å². The first-order chi connectivity index (χ1) is 25.2. The lowest BCUT2D eigenvalue weighted by Crippen LogP contribution is -2.44. The van der Waals surface area contributed by atoms with Gasteiger partial charge in [0.1, 0.15) is 40.5 Å². The van der Waals surface area contributed by atoms with E-state index >= 15 is 0 Å². The molecule has 2 atom stereocenters. The highest BCUT2D eigenvalue weighted by molar-refractivity contribution is 7.26.